The first-order valence-electron chi connectivity index (χ1n) is 7.32. The van der Waals surface area contributed by atoms with Gasteiger partial charge in [0.15, 0.2) is 0 Å². The Morgan fingerprint density at radius 1 is 1.16 bits per heavy atom. The van der Waals surface area contributed by atoms with Crippen LogP contribution < -0.4 is 0 Å². The van der Waals surface area contributed by atoms with E-state index < -0.39 is 21.8 Å². The molecule has 0 radical (unpaired) electrons. The lowest BCUT2D eigenvalue weighted by Crippen LogP contribution is -2.16. The number of fused-ring (bicyclic) bond motifs is 1. The fraction of sp³-hybridized carbons (Fsp3) is 0.118. The Kier molecular flexibility index (Phi) is 4.53. The van der Waals surface area contributed by atoms with Crippen LogP contribution in [-0.4, -0.2) is 23.5 Å². The number of carboxylic acids is 1. The van der Waals surface area contributed by atoms with Gasteiger partial charge in [-0.05, 0) is 36.8 Å². The van der Waals surface area contributed by atoms with Gasteiger partial charge in [0, 0.05) is 11.1 Å². The number of carboxylic acid groups (broad SMARTS) is 1. The molecule has 0 spiro atoms. The van der Waals surface area contributed by atoms with E-state index >= 15 is 0 Å². The number of halogens is 2. The molecule has 3 aromatic rings. The van der Waals surface area contributed by atoms with Crippen molar-refractivity contribution >= 4 is 38.5 Å². The van der Waals surface area contributed by atoms with Crippen molar-refractivity contribution in [2.75, 3.05) is 0 Å². The second kappa shape index (κ2) is 6.50. The zero-order valence-electron chi connectivity index (χ0n) is 12.8. The van der Waals surface area contributed by atoms with E-state index in [1.54, 1.807) is 18.2 Å². The van der Waals surface area contributed by atoms with Crippen LogP contribution in [0.5, 0.6) is 0 Å². The summed E-state index contributed by atoms with van der Waals surface area (Å²) in [6.45, 7) is 0. The SMILES string of the molecule is O=C(O)CCc1cc2cc(F)c(Cl)cc2n1S(=O)(=O)c1ccccc1. The molecule has 25 heavy (non-hydrogen) atoms. The van der Waals surface area contributed by atoms with Crippen LogP contribution in [-0.2, 0) is 21.2 Å². The highest BCUT2D eigenvalue weighted by molar-refractivity contribution is 7.90. The van der Waals surface area contributed by atoms with Gasteiger partial charge in [-0.2, -0.15) is 0 Å². The average molecular weight is 382 g/mol. The number of hydrogen-bond acceptors (Lipinski definition) is 3. The summed E-state index contributed by atoms with van der Waals surface area (Å²) < 4.78 is 40.9. The van der Waals surface area contributed by atoms with Crippen LogP contribution in [0.4, 0.5) is 4.39 Å². The van der Waals surface area contributed by atoms with Crippen molar-refractivity contribution in [3.8, 4) is 0 Å². The Morgan fingerprint density at radius 2 is 1.84 bits per heavy atom. The van der Waals surface area contributed by atoms with Crippen LogP contribution in [0.2, 0.25) is 5.02 Å². The van der Waals surface area contributed by atoms with Gasteiger partial charge >= 0.3 is 5.97 Å². The molecule has 1 N–H and O–H groups in total. The highest BCUT2D eigenvalue weighted by Crippen LogP contribution is 2.30. The first-order valence-corrected chi connectivity index (χ1v) is 9.14. The molecule has 0 aliphatic rings. The molecule has 0 aliphatic heterocycles. The summed E-state index contributed by atoms with van der Waals surface area (Å²) in [4.78, 5) is 10.9. The maximum absolute atomic E-state index is 13.7. The van der Waals surface area contributed by atoms with Crippen LogP contribution in [0.25, 0.3) is 10.9 Å². The number of rotatable bonds is 5. The molecule has 130 valence electrons. The number of aromatic nitrogens is 1. The van der Waals surface area contributed by atoms with Gasteiger partial charge in [-0.25, -0.2) is 16.8 Å². The first-order chi connectivity index (χ1) is 11.8. The summed E-state index contributed by atoms with van der Waals surface area (Å²) >= 11 is 5.82. The van der Waals surface area contributed by atoms with Gasteiger partial charge in [-0.1, -0.05) is 29.8 Å². The second-order valence-electron chi connectivity index (χ2n) is 5.44. The maximum Gasteiger partial charge on any atom is 0.303 e. The molecule has 0 saturated heterocycles. The molecule has 0 saturated carbocycles. The van der Waals surface area contributed by atoms with Crippen molar-refractivity contribution in [2.45, 2.75) is 17.7 Å². The maximum atomic E-state index is 13.7. The molecule has 0 unspecified atom stereocenters. The Hall–Kier alpha value is -2.38. The topological polar surface area (TPSA) is 76.4 Å². The van der Waals surface area contributed by atoms with E-state index in [1.165, 1.54) is 24.3 Å². The van der Waals surface area contributed by atoms with Crippen LogP contribution in [0, 0.1) is 5.82 Å². The molecule has 0 fully saturated rings. The van der Waals surface area contributed by atoms with Crippen LogP contribution in [0.15, 0.2) is 53.4 Å². The van der Waals surface area contributed by atoms with Crippen molar-refractivity contribution in [2.24, 2.45) is 0 Å². The highest BCUT2D eigenvalue weighted by Gasteiger charge is 2.24. The average Bonchev–Trinajstić information content (AvgIpc) is 2.92. The Morgan fingerprint density at radius 3 is 2.48 bits per heavy atom. The second-order valence-corrected chi connectivity index (χ2v) is 7.63. The zero-order valence-corrected chi connectivity index (χ0v) is 14.4. The lowest BCUT2D eigenvalue weighted by molar-refractivity contribution is -0.136. The van der Waals surface area contributed by atoms with E-state index in [-0.39, 0.29) is 34.0 Å². The van der Waals surface area contributed by atoms with E-state index in [9.17, 15) is 17.6 Å². The Bertz CT molecular complexity index is 1060. The van der Waals surface area contributed by atoms with Crippen molar-refractivity contribution in [1.82, 2.24) is 3.97 Å². The molecular formula is C17H13ClFNO4S. The van der Waals surface area contributed by atoms with Gasteiger partial charge in [-0.3, -0.25) is 4.79 Å². The quantitative estimate of drug-likeness (QED) is 0.731. The molecule has 1 heterocycles. The largest absolute Gasteiger partial charge is 0.481 e. The van der Waals surface area contributed by atoms with E-state index in [4.69, 9.17) is 16.7 Å². The molecule has 2 aromatic carbocycles. The van der Waals surface area contributed by atoms with Gasteiger partial charge in [0.2, 0.25) is 0 Å². The van der Waals surface area contributed by atoms with E-state index in [2.05, 4.69) is 0 Å². The normalized spacial score (nSPS) is 11.8. The van der Waals surface area contributed by atoms with Gasteiger partial charge in [0.1, 0.15) is 5.82 Å². The van der Waals surface area contributed by atoms with Crippen LogP contribution >= 0.6 is 11.6 Å². The minimum Gasteiger partial charge on any atom is -0.481 e. The first kappa shape index (κ1) is 17.4. The van der Waals surface area contributed by atoms with Gasteiger partial charge < -0.3 is 5.11 Å². The molecule has 0 aliphatic carbocycles. The molecule has 5 nitrogen and oxygen atoms in total. The number of aryl methyl sites for hydroxylation is 1. The third-order valence-electron chi connectivity index (χ3n) is 3.75. The van der Waals surface area contributed by atoms with Crippen LogP contribution in [0.1, 0.15) is 12.1 Å². The fourth-order valence-corrected chi connectivity index (χ4v) is 4.37. The van der Waals surface area contributed by atoms with Crippen molar-refractivity contribution < 1.29 is 22.7 Å². The smallest absolute Gasteiger partial charge is 0.303 e. The van der Waals surface area contributed by atoms with Crippen molar-refractivity contribution in [1.29, 1.82) is 0 Å². The number of nitrogens with zero attached hydrogens (tertiary/aromatic N) is 1. The summed E-state index contributed by atoms with van der Waals surface area (Å²) in [5.74, 6) is -1.73. The molecule has 0 amide bonds. The molecule has 8 heteroatoms. The molecule has 0 bridgehead atoms. The van der Waals surface area contributed by atoms with E-state index in [0.29, 0.717) is 5.39 Å². The number of hydrogen-bond donors (Lipinski definition) is 1. The number of benzene rings is 2. The molecule has 3 rings (SSSR count). The van der Waals surface area contributed by atoms with E-state index in [1.807, 2.05) is 0 Å². The predicted molar refractivity (Wildman–Crippen MR) is 91.9 cm³/mol. The lowest BCUT2D eigenvalue weighted by atomic mass is 10.2. The summed E-state index contributed by atoms with van der Waals surface area (Å²) in [5, 5.41) is 9.04. The predicted octanol–water partition coefficient (Wildman–Crippen LogP) is 3.69. The van der Waals surface area contributed by atoms with Gasteiger partial charge in [0.05, 0.1) is 21.9 Å². The molecule has 1 aromatic heterocycles. The van der Waals surface area contributed by atoms with Crippen LogP contribution in [0.3, 0.4) is 0 Å². The van der Waals surface area contributed by atoms with Crippen molar-refractivity contribution in [3.63, 3.8) is 0 Å². The summed E-state index contributed by atoms with van der Waals surface area (Å²) in [7, 11) is -3.99. The highest BCUT2D eigenvalue weighted by atomic mass is 35.5. The summed E-state index contributed by atoms with van der Waals surface area (Å²) in [6, 6.07) is 11.6. The van der Waals surface area contributed by atoms with E-state index in [0.717, 1.165) is 10.0 Å². The zero-order chi connectivity index (χ0) is 18.2. The number of aliphatic carboxylic acids is 1. The van der Waals surface area contributed by atoms with Crippen molar-refractivity contribution in [3.05, 3.63) is 65.1 Å². The molecular weight excluding hydrogens is 369 g/mol. The summed E-state index contributed by atoms with van der Waals surface area (Å²) in [5.41, 5.74) is 0.457. The third kappa shape index (κ3) is 3.25. The minimum absolute atomic E-state index is 0.0185. The third-order valence-corrected chi connectivity index (χ3v) is 5.82. The Labute approximate surface area is 148 Å². The number of carbonyl (C=O) groups is 1. The fourth-order valence-electron chi connectivity index (χ4n) is 2.63. The van der Waals surface area contributed by atoms with Gasteiger partial charge in [0.25, 0.3) is 10.0 Å². The minimum atomic E-state index is -3.99. The lowest BCUT2D eigenvalue weighted by Gasteiger charge is -2.12. The standard InChI is InChI=1S/C17H13ClFNO4S/c18-14-10-16-11(9-15(14)19)8-12(6-7-17(21)22)20(16)25(23,24)13-4-2-1-3-5-13/h1-5,8-10H,6-7H2,(H,21,22). The Balaban J connectivity index is 2.28. The monoisotopic (exact) mass is 381 g/mol. The van der Waals surface area contributed by atoms with Gasteiger partial charge in [-0.15, -0.1) is 0 Å². The molecule has 0 atom stereocenters. The summed E-state index contributed by atoms with van der Waals surface area (Å²) in [6.07, 6.45) is -0.272.